The normalized spacial score (nSPS) is 13.6. The highest BCUT2D eigenvalue weighted by atomic mass is 35.5. The molecule has 0 aromatic heterocycles. The summed E-state index contributed by atoms with van der Waals surface area (Å²) >= 11 is 11.5. The van der Waals surface area contributed by atoms with Crippen LogP contribution in [0, 0.1) is 6.92 Å². The number of likely N-dealkylation sites (tertiary alicyclic amines) is 1. The van der Waals surface area contributed by atoms with Crippen molar-refractivity contribution in [1.29, 1.82) is 0 Å². The third kappa shape index (κ3) is 4.30. The number of halogens is 1. The van der Waals surface area contributed by atoms with E-state index in [2.05, 4.69) is 10.6 Å². The van der Waals surface area contributed by atoms with Gasteiger partial charge in [-0.05, 0) is 73.9 Å². The first-order valence-electron chi connectivity index (χ1n) is 8.27. The Balaban J connectivity index is 1.62. The second kappa shape index (κ2) is 7.85. The van der Waals surface area contributed by atoms with Gasteiger partial charge in [0.2, 0.25) is 0 Å². The molecule has 130 valence electrons. The fourth-order valence-corrected chi connectivity index (χ4v) is 3.23. The third-order valence-electron chi connectivity index (χ3n) is 4.30. The molecule has 0 spiro atoms. The molecule has 0 saturated carbocycles. The molecule has 1 fully saturated rings. The quantitative estimate of drug-likeness (QED) is 0.766. The van der Waals surface area contributed by atoms with Crippen molar-refractivity contribution in [2.75, 3.05) is 23.7 Å². The molecule has 0 atom stereocenters. The highest BCUT2D eigenvalue weighted by Crippen LogP contribution is 2.23. The van der Waals surface area contributed by atoms with Gasteiger partial charge in [0.05, 0.1) is 0 Å². The molecule has 0 unspecified atom stereocenters. The topological polar surface area (TPSA) is 44.4 Å². The monoisotopic (exact) mass is 373 g/mol. The molecule has 1 aliphatic rings. The summed E-state index contributed by atoms with van der Waals surface area (Å²) in [5, 5.41) is 7.44. The van der Waals surface area contributed by atoms with Crippen molar-refractivity contribution in [1.82, 2.24) is 4.90 Å². The fourth-order valence-electron chi connectivity index (χ4n) is 2.83. The summed E-state index contributed by atoms with van der Waals surface area (Å²) < 4.78 is 0. The lowest BCUT2D eigenvalue weighted by molar-refractivity contribution is 0.0793. The van der Waals surface area contributed by atoms with E-state index in [0.29, 0.717) is 15.7 Å². The van der Waals surface area contributed by atoms with Crippen molar-refractivity contribution in [3.05, 3.63) is 58.6 Å². The Bertz CT molecular complexity index is 786. The van der Waals surface area contributed by atoms with Gasteiger partial charge in [0.1, 0.15) is 0 Å². The molecule has 0 bridgehead atoms. The van der Waals surface area contributed by atoms with Gasteiger partial charge >= 0.3 is 0 Å². The van der Waals surface area contributed by atoms with Gasteiger partial charge in [-0.1, -0.05) is 17.7 Å². The molecular weight excluding hydrogens is 354 g/mol. The molecular formula is C19H20ClN3OS. The molecule has 3 rings (SSSR count). The van der Waals surface area contributed by atoms with Crippen molar-refractivity contribution < 1.29 is 4.79 Å². The number of carbonyl (C=O) groups is 1. The molecule has 25 heavy (non-hydrogen) atoms. The molecule has 4 nitrogen and oxygen atoms in total. The largest absolute Gasteiger partial charge is 0.339 e. The van der Waals surface area contributed by atoms with E-state index >= 15 is 0 Å². The molecule has 1 amide bonds. The minimum atomic E-state index is 0.0966. The lowest BCUT2D eigenvalue weighted by Crippen LogP contribution is -2.27. The summed E-state index contributed by atoms with van der Waals surface area (Å²) in [6.45, 7) is 3.64. The van der Waals surface area contributed by atoms with E-state index in [-0.39, 0.29) is 5.91 Å². The van der Waals surface area contributed by atoms with Crippen molar-refractivity contribution in [2.45, 2.75) is 19.8 Å². The van der Waals surface area contributed by atoms with Crippen LogP contribution >= 0.6 is 23.8 Å². The Morgan fingerprint density at radius 3 is 2.44 bits per heavy atom. The Labute approximate surface area is 158 Å². The molecule has 0 radical (unpaired) electrons. The van der Waals surface area contributed by atoms with E-state index in [0.717, 1.165) is 42.9 Å². The molecule has 0 aliphatic carbocycles. The highest BCUT2D eigenvalue weighted by Gasteiger charge is 2.19. The smallest absolute Gasteiger partial charge is 0.253 e. The van der Waals surface area contributed by atoms with E-state index in [9.17, 15) is 4.79 Å². The predicted octanol–water partition coefficient (Wildman–Crippen LogP) is 4.69. The predicted molar refractivity (Wildman–Crippen MR) is 108 cm³/mol. The maximum absolute atomic E-state index is 12.3. The fraction of sp³-hybridized carbons (Fsp3) is 0.263. The number of rotatable bonds is 3. The Morgan fingerprint density at radius 2 is 1.76 bits per heavy atom. The first-order chi connectivity index (χ1) is 12.0. The second-order valence-electron chi connectivity index (χ2n) is 6.07. The number of nitrogens with zero attached hydrogens (tertiary/aromatic N) is 1. The summed E-state index contributed by atoms with van der Waals surface area (Å²) in [6, 6.07) is 13.0. The number of nitrogens with one attached hydrogen (secondary N) is 2. The molecule has 6 heteroatoms. The standard InChI is InChI=1S/C19H20ClN3OS/c1-13-16(20)5-4-6-17(13)22-19(25)21-15-9-7-14(8-10-15)18(24)23-11-2-3-12-23/h4-10H,2-3,11-12H2,1H3,(H2,21,22,25). The molecule has 1 aliphatic heterocycles. The van der Waals surface area contributed by atoms with Gasteiger partial charge in [-0.25, -0.2) is 0 Å². The summed E-state index contributed by atoms with van der Waals surface area (Å²) in [6.07, 6.45) is 2.18. The van der Waals surface area contributed by atoms with E-state index in [1.54, 1.807) is 0 Å². The van der Waals surface area contributed by atoms with Gasteiger partial charge in [-0.3, -0.25) is 4.79 Å². The summed E-state index contributed by atoms with van der Waals surface area (Å²) in [5.41, 5.74) is 3.35. The van der Waals surface area contributed by atoms with Crippen LogP contribution in [0.2, 0.25) is 5.02 Å². The van der Waals surface area contributed by atoms with Crippen LogP contribution < -0.4 is 10.6 Å². The SMILES string of the molecule is Cc1c(Cl)cccc1NC(=S)Nc1ccc(C(=O)N2CCCC2)cc1. The van der Waals surface area contributed by atoms with Crippen LogP contribution in [-0.2, 0) is 0 Å². The van der Waals surface area contributed by atoms with Gasteiger partial charge in [-0.15, -0.1) is 0 Å². The van der Waals surface area contributed by atoms with Crippen LogP contribution in [0.15, 0.2) is 42.5 Å². The molecule has 2 aromatic rings. The number of amides is 1. The average molecular weight is 374 g/mol. The van der Waals surface area contributed by atoms with E-state index in [1.165, 1.54) is 0 Å². The van der Waals surface area contributed by atoms with Gasteiger partial charge in [0.25, 0.3) is 5.91 Å². The number of carbonyl (C=O) groups excluding carboxylic acids is 1. The summed E-state index contributed by atoms with van der Waals surface area (Å²) in [4.78, 5) is 14.2. The lowest BCUT2D eigenvalue weighted by Gasteiger charge is -2.16. The molecule has 2 aromatic carbocycles. The zero-order valence-corrected chi connectivity index (χ0v) is 15.6. The number of hydrogen-bond acceptors (Lipinski definition) is 2. The van der Waals surface area contributed by atoms with Crippen LogP contribution in [0.4, 0.5) is 11.4 Å². The van der Waals surface area contributed by atoms with Crippen molar-refractivity contribution in [2.24, 2.45) is 0 Å². The third-order valence-corrected chi connectivity index (χ3v) is 4.91. The molecule has 1 saturated heterocycles. The van der Waals surface area contributed by atoms with E-state index in [4.69, 9.17) is 23.8 Å². The van der Waals surface area contributed by atoms with E-state index in [1.807, 2.05) is 54.3 Å². The van der Waals surface area contributed by atoms with Crippen molar-refractivity contribution >= 4 is 46.2 Å². The summed E-state index contributed by atoms with van der Waals surface area (Å²) in [5.74, 6) is 0.0966. The molecule has 2 N–H and O–H groups in total. The minimum Gasteiger partial charge on any atom is -0.339 e. The molecule has 1 heterocycles. The van der Waals surface area contributed by atoms with Crippen LogP contribution in [-0.4, -0.2) is 29.0 Å². The Hall–Kier alpha value is -2.11. The minimum absolute atomic E-state index is 0.0966. The van der Waals surface area contributed by atoms with Crippen LogP contribution in [0.3, 0.4) is 0 Å². The van der Waals surface area contributed by atoms with Crippen molar-refractivity contribution in [3.63, 3.8) is 0 Å². The highest BCUT2D eigenvalue weighted by molar-refractivity contribution is 7.80. The zero-order valence-electron chi connectivity index (χ0n) is 14.0. The zero-order chi connectivity index (χ0) is 17.8. The van der Waals surface area contributed by atoms with Crippen LogP contribution in [0.25, 0.3) is 0 Å². The second-order valence-corrected chi connectivity index (χ2v) is 6.88. The number of hydrogen-bond donors (Lipinski definition) is 2. The van der Waals surface area contributed by atoms with E-state index < -0.39 is 0 Å². The number of anilines is 2. The van der Waals surface area contributed by atoms with Gasteiger partial charge in [0, 0.05) is 35.1 Å². The maximum atomic E-state index is 12.3. The Morgan fingerprint density at radius 1 is 1.08 bits per heavy atom. The first kappa shape index (κ1) is 17.7. The first-order valence-corrected chi connectivity index (χ1v) is 9.05. The maximum Gasteiger partial charge on any atom is 0.253 e. The lowest BCUT2D eigenvalue weighted by atomic mass is 10.2. The number of thiocarbonyl (C=S) groups is 1. The van der Waals surface area contributed by atoms with Crippen molar-refractivity contribution in [3.8, 4) is 0 Å². The Kier molecular flexibility index (Phi) is 5.56. The van der Waals surface area contributed by atoms with Crippen LogP contribution in [0.1, 0.15) is 28.8 Å². The summed E-state index contributed by atoms with van der Waals surface area (Å²) in [7, 11) is 0. The number of benzene rings is 2. The van der Waals surface area contributed by atoms with Gasteiger partial charge in [-0.2, -0.15) is 0 Å². The van der Waals surface area contributed by atoms with Gasteiger partial charge in [0.15, 0.2) is 5.11 Å². The average Bonchev–Trinajstić information content (AvgIpc) is 3.13. The van der Waals surface area contributed by atoms with Gasteiger partial charge < -0.3 is 15.5 Å². The van der Waals surface area contributed by atoms with Crippen LogP contribution in [0.5, 0.6) is 0 Å².